The molecule has 0 saturated heterocycles. The van der Waals surface area contributed by atoms with Crippen molar-refractivity contribution in [1.82, 2.24) is 14.9 Å². The van der Waals surface area contributed by atoms with E-state index in [-0.39, 0.29) is 12.0 Å². The molecule has 0 amide bonds. The largest absolute Gasteiger partial charge is 0.366 e. The van der Waals surface area contributed by atoms with E-state index in [1.165, 1.54) is 4.68 Å². The lowest BCUT2D eigenvalue weighted by Crippen LogP contribution is -2.31. The molecule has 6 nitrogen and oxygen atoms in total. The SMILES string of the molecule is CC(C)C(N)Cc1nnc(N)n1N. The number of nitrogens with two attached hydrogens (primary N) is 3. The number of hydrogen-bond acceptors (Lipinski definition) is 5. The summed E-state index contributed by atoms with van der Waals surface area (Å²) in [6.07, 6.45) is 0.596. The van der Waals surface area contributed by atoms with Crippen molar-refractivity contribution in [3.8, 4) is 0 Å². The number of aromatic nitrogens is 3. The summed E-state index contributed by atoms with van der Waals surface area (Å²) in [6, 6.07) is 0.0332. The fraction of sp³-hybridized carbons (Fsp3) is 0.714. The second-order valence-electron chi connectivity index (χ2n) is 3.46. The van der Waals surface area contributed by atoms with Crippen molar-refractivity contribution >= 4 is 5.95 Å². The first-order chi connectivity index (χ1) is 6.02. The minimum Gasteiger partial charge on any atom is -0.366 e. The van der Waals surface area contributed by atoms with E-state index < -0.39 is 0 Å². The lowest BCUT2D eigenvalue weighted by Gasteiger charge is -2.14. The molecule has 13 heavy (non-hydrogen) atoms. The van der Waals surface area contributed by atoms with E-state index in [1.807, 2.05) is 13.8 Å². The third-order valence-electron chi connectivity index (χ3n) is 2.07. The van der Waals surface area contributed by atoms with Crippen LogP contribution in [0.4, 0.5) is 5.95 Å². The van der Waals surface area contributed by atoms with Gasteiger partial charge in [0.1, 0.15) is 0 Å². The molecule has 1 rings (SSSR count). The first kappa shape index (κ1) is 9.79. The van der Waals surface area contributed by atoms with E-state index >= 15 is 0 Å². The highest BCUT2D eigenvalue weighted by molar-refractivity contribution is 5.17. The third kappa shape index (κ3) is 2.09. The van der Waals surface area contributed by atoms with Gasteiger partial charge in [-0.1, -0.05) is 13.8 Å². The second kappa shape index (κ2) is 3.61. The van der Waals surface area contributed by atoms with Gasteiger partial charge in [0.15, 0.2) is 5.82 Å². The Morgan fingerprint density at radius 3 is 2.38 bits per heavy atom. The molecule has 0 saturated carbocycles. The predicted octanol–water partition coefficient (Wildman–Crippen LogP) is -0.900. The van der Waals surface area contributed by atoms with Gasteiger partial charge in [-0.25, -0.2) is 4.68 Å². The molecular weight excluding hydrogens is 168 g/mol. The summed E-state index contributed by atoms with van der Waals surface area (Å²) in [5, 5.41) is 7.46. The van der Waals surface area contributed by atoms with Crippen LogP contribution in [0.5, 0.6) is 0 Å². The molecule has 1 aromatic rings. The Morgan fingerprint density at radius 2 is 2.00 bits per heavy atom. The first-order valence-corrected chi connectivity index (χ1v) is 4.22. The van der Waals surface area contributed by atoms with Gasteiger partial charge in [-0.05, 0) is 5.92 Å². The number of nitrogens with zero attached hydrogens (tertiary/aromatic N) is 3. The Labute approximate surface area is 77.1 Å². The van der Waals surface area contributed by atoms with Crippen molar-refractivity contribution in [2.24, 2.45) is 11.7 Å². The predicted molar refractivity (Wildman–Crippen MR) is 51.1 cm³/mol. The molecule has 0 bridgehead atoms. The maximum atomic E-state index is 5.85. The molecule has 0 aliphatic rings. The van der Waals surface area contributed by atoms with Gasteiger partial charge < -0.3 is 17.3 Å². The van der Waals surface area contributed by atoms with E-state index in [9.17, 15) is 0 Å². The number of nitrogen functional groups attached to an aromatic ring is 2. The summed E-state index contributed by atoms with van der Waals surface area (Å²) in [4.78, 5) is 0. The van der Waals surface area contributed by atoms with E-state index in [0.717, 1.165) is 0 Å². The molecule has 0 fully saturated rings. The molecule has 6 N–H and O–H groups in total. The Bertz CT molecular complexity index is 279. The first-order valence-electron chi connectivity index (χ1n) is 4.22. The number of anilines is 1. The van der Waals surface area contributed by atoms with Gasteiger partial charge in [0, 0.05) is 12.5 Å². The fourth-order valence-electron chi connectivity index (χ4n) is 0.923. The molecular formula is C7H16N6. The summed E-state index contributed by atoms with van der Waals surface area (Å²) >= 11 is 0. The van der Waals surface area contributed by atoms with Crippen LogP contribution in [0.2, 0.25) is 0 Å². The van der Waals surface area contributed by atoms with Gasteiger partial charge in [0.25, 0.3) is 0 Å². The highest BCUT2D eigenvalue weighted by Gasteiger charge is 2.13. The van der Waals surface area contributed by atoms with Gasteiger partial charge in [-0.2, -0.15) is 0 Å². The summed E-state index contributed by atoms with van der Waals surface area (Å²) in [7, 11) is 0. The van der Waals surface area contributed by atoms with Crippen molar-refractivity contribution in [2.75, 3.05) is 11.6 Å². The van der Waals surface area contributed by atoms with Crippen molar-refractivity contribution in [3.63, 3.8) is 0 Å². The van der Waals surface area contributed by atoms with Crippen LogP contribution in [0.25, 0.3) is 0 Å². The van der Waals surface area contributed by atoms with Gasteiger partial charge in [-0.15, -0.1) is 10.2 Å². The van der Waals surface area contributed by atoms with Crippen molar-refractivity contribution in [1.29, 1.82) is 0 Å². The molecule has 0 radical (unpaired) electrons. The van der Waals surface area contributed by atoms with Gasteiger partial charge in [-0.3, -0.25) is 0 Å². The zero-order chi connectivity index (χ0) is 10.0. The Balaban J connectivity index is 2.69. The minimum atomic E-state index is 0.0332. The Morgan fingerprint density at radius 1 is 1.38 bits per heavy atom. The zero-order valence-corrected chi connectivity index (χ0v) is 7.94. The zero-order valence-electron chi connectivity index (χ0n) is 7.94. The lowest BCUT2D eigenvalue weighted by molar-refractivity contribution is 0.478. The Kier molecular flexibility index (Phi) is 2.72. The van der Waals surface area contributed by atoms with Crippen LogP contribution >= 0.6 is 0 Å². The molecule has 0 aliphatic carbocycles. The fourth-order valence-corrected chi connectivity index (χ4v) is 0.923. The maximum Gasteiger partial charge on any atom is 0.240 e. The van der Waals surface area contributed by atoms with Crippen molar-refractivity contribution in [3.05, 3.63) is 5.82 Å². The third-order valence-corrected chi connectivity index (χ3v) is 2.07. The van der Waals surface area contributed by atoms with Gasteiger partial charge in [0.2, 0.25) is 5.95 Å². The summed E-state index contributed by atoms with van der Waals surface area (Å²) in [5.74, 6) is 6.79. The lowest BCUT2D eigenvalue weighted by atomic mass is 10.0. The molecule has 1 unspecified atom stereocenters. The maximum absolute atomic E-state index is 5.85. The standard InChI is InChI=1S/C7H16N6/c1-4(2)5(8)3-6-11-12-7(9)13(6)10/h4-5H,3,8,10H2,1-2H3,(H2,9,12). The van der Waals surface area contributed by atoms with Crippen molar-refractivity contribution in [2.45, 2.75) is 26.3 Å². The molecule has 0 aromatic carbocycles. The smallest absolute Gasteiger partial charge is 0.240 e. The molecule has 0 aliphatic heterocycles. The van der Waals surface area contributed by atoms with Gasteiger partial charge in [0.05, 0.1) is 0 Å². The van der Waals surface area contributed by atoms with Crippen LogP contribution in [0.1, 0.15) is 19.7 Å². The van der Waals surface area contributed by atoms with E-state index in [0.29, 0.717) is 18.2 Å². The highest BCUT2D eigenvalue weighted by Crippen LogP contribution is 2.06. The second-order valence-corrected chi connectivity index (χ2v) is 3.46. The molecule has 1 heterocycles. The highest BCUT2D eigenvalue weighted by atomic mass is 15.4. The number of rotatable bonds is 3. The van der Waals surface area contributed by atoms with Crippen LogP contribution in [-0.4, -0.2) is 20.9 Å². The topological polar surface area (TPSA) is 109 Å². The summed E-state index contributed by atoms with van der Waals surface area (Å²) in [6.45, 7) is 4.09. The normalized spacial score (nSPS) is 13.5. The minimum absolute atomic E-state index is 0.0332. The molecule has 6 heteroatoms. The van der Waals surface area contributed by atoms with Crippen LogP contribution in [0.3, 0.4) is 0 Å². The number of hydrogen-bond donors (Lipinski definition) is 3. The van der Waals surface area contributed by atoms with Crippen LogP contribution in [-0.2, 0) is 6.42 Å². The molecule has 74 valence electrons. The summed E-state index contributed by atoms with van der Waals surface area (Å²) in [5.41, 5.74) is 11.3. The summed E-state index contributed by atoms with van der Waals surface area (Å²) < 4.78 is 1.27. The van der Waals surface area contributed by atoms with E-state index in [4.69, 9.17) is 17.3 Å². The average molecular weight is 184 g/mol. The van der Waals surface area contributed by atoms with E-state index in [1.54, 1.807) is 0 Å². The molecule has 1 atom stereocenters. The van der Waals surface area contributed by atoms with Crippen LogP contribution in [0.15, 0.2) is 0 Å². The van der Waals surface area contributed by atoms with Crippen molar-refractivity contribution < 1.29 is 0 Å². The average Bonchev–Trinajstić information content (AvgIpc) is 2.36. The van der Waals surface area contributed by atoms with Gasteiger partial charge >= 0.3 is 0 Å². The Hall–Kier alpha value is -1.30. The van der Waals surface area contributed by atoms with Crippen LogP contribution in [0, 0.1) is 5.92 Å². The monoisotopic (exact) mass is 184 g/mol. The van der Waals surface area contributed by atoms with Crippen LogP contribution < -0.4 is 17.3 Å². The molecule has 1 aromatic heterocycles. The van der Waals surface area contributed by atoms with E-state index in [2.05, 4.69) is 10.2 Å². The quantitative estimate of drug-likeness (QED) is 0.527. The molecule has 0 spiro atoms.